The van der Waals surface area contributed by atoms with E-state index in [1.807, 2.05) is 43.5 Å². The minimum atomic E-state index is -0.538. The Morgan fingerprint density at radius 3 is 2.45 bits per heavy atom. The molecule has 0 aliphatic heterocycles. The summed E-state index contributed by atoms with van der Waals surface area (Å²) in [6, 6.07) is 10.8. The summed E-state index contributed by atoms with van der Waals surface area (Å²) in [5.74, 6) is -0.120. The van der Waals surface area contributed by atoms with Crippen molar-refractivity contribution in [2.45, 2.75) is 40.5 Å². The van der Waals surface area contributed by atoms with Gasteiger partial charge in [0, 0.05) is 25.5 Å². The second kappa shape index (κ2) is 6.93. The smallest absolute Gasteiger partial charge is 0.252 e. The number of carbonyl (C=O) groups excluding carboxylic acids is 1. The van der Waals surface area contributed by atoms with Gasteiger partial charge in [-0.05, 0) is 52.8 Å². The normalized spacial score (nSPS) is 12.4. The average molecular weight is 503 g/mol. The van der Waals surface area contributed by atoms with E-state index < -0.39 is 5.41 Å². The molecule has 4 rings (SSSR count). The van der Waals surface area contributed by atoms with Crippen molar-refractivity contribution < 1.29 is 9.18 Å². The van der Waals surface area contributed by atoms with Crippen LogP contribution in [0.2, 0.25) is 0 Å². The standard InChI is InChI=1S/C23H23FIN3O/c1-13(2)21-20(25)15-11-18-14(12-26-28(18)22(29)23(3,4)5)10-19(15)27(21)17-9-7-6-8-16(17)24/h6-13H,1-5H3. The molecule has 4 nitrogen and oxygen atoms in total. The zero-order valence-corrected chi connectivity index (χ0v) is 19.3. The molecule has 0 bridgehead atoms. The highest BCUT2D eigenvalue weighted by molar-refractivity contribution is 14.1. The molecule has 2 aromatic carbocycles. The molecule has 4 aromatic rings. The van der Waals surface area contributed by atoms with Gasteiger partial charge in [-0.25, -0.2) is 4.39 Å². The third kappa shape index (κ3) is 3.17. The van der Waals surface area contributed by atoms with E-state index in [1.54, 1.807) is 18.3 Å². The molecule has 0 aliphatic rings. The maximum atomic E-state index is 14.7. The summed E-state index contributed by atoms with van der Waals surface area (Å²) in [5, 5.41) is 6.21. The Balaban J connectivity index is 2.09. The van der Waals surface area contributed by atoms with Crippen LogP contribution in [0.1, 0.15) is 51.0 Å². The van der Waals surface area contributed by atoms with Crippen molar-refractivity contribution in [3.05, 3.63) is 57.7 Å². The van der Waals surface area contributed by atoms with E-state index in [-0.39, 0.29) is 17.6 Å². The largest absolute Gasteiger partial charge is 0.309 e. The Morgan fingerprint density at radius 1 is 1.14 bits per heavy atom. The Hall–Kier alpha value is -2.22. The number of aromatic nitrogens is 3. The summed E-state index contributed by atoms with van der Waals surface area (Å²) in [6.45, 7) is 9.88. The van der Waals surface area contributed by atoms with Gasteiger partial charge in [0.2, 0.25) is 0 Å². The highest BCUT2D eigenvalue weighted by atomic mass is 127. The van der Waals surface area contributed by atoms with Gasteiger partial charge in [0.15, 0.2) is 0 Å². The van der Waals surface area contributed by atoms with E-state index in [0.717, 1.165) is 31.1 Å². The van der Waals surface area contributed by atoms with E-state index in [9.17, 15) is 9.18 Å². The molecule has 0 aliphatic carbocycles. The molecule has 0 radical (unpaired) electrons. The minimum absolute atomic E-state index is 0.0560. The molecule has 0 spiro atoms. The molecular formula is C23H23FIN3O. The maximum Gasteiger partial charge on any atom is 0.252 e. The first-order chi connectivity index (χ1) is 13.6. The monoisotopic (exact) mass is 503 g/mol. The quantitative estimate of drug-likeness (QED) is 0.292. The SMILES string of the molecule is CC(C)c1c(I)c2cc3c(cnn3C(=O)C(C)(C)C)cc2n1-c1ccccc1F. The van der Waals surface area contributed by atoms with Crippen molar-refractivity contribution >= 4 is 50.3 Å². The summed E-state index contributed by atoms with van der Waals surface area (Å²) in [5.41, 5.74) is 2.74. The van der Waals surface area contributed by atoms with Crippen molar-refractivity contribution in [3.63, 3.8) is 0 Å². The van der Waals surface area contributed by atoms with E-state index in [0.29, 0.717) is 5.69 Å². The lowest BCUT2D eigenvalue weighted by Crippen LogP contribution is -2.27. The van der Waals surface area contributed by atoms with Crippen LogP contribution in [0.5, 0.6) is 0 Å². The molecule has 0 unspecified atom stereocenters. The molecule has 0 fully saturated rings. The van der Waals surface area contributed by atoms with Gasteiger partial charge >= 0.3 is 0 Å². The number of rotatable bonds is 2. The van der Waals surface area contributed by atoms with Gasteiger partial charge in [-0.2, -0.15) is 9.78 Å². The molecule has 2 aromatic heterocycles. The van der Waals surface area contributed by atoms with E-state index in [4.69, 9.17) is 0 Å². The summed E-state index contributed by atoms with van der Waals surface area (Å²) in [6.07, 6.45) is 1.71. The van der Waals surface area contributed by atoms with Gasteiger partial charge in [-0.1, -0.05) is 46.8 Å². The fourth-order valence-corrected chi connectivity index (χ4v) is 4.97. The molecule has 2 heterocycles. The maximum absolute atomic E-state index is 14.7. The highest BCUT2D eigenvalue weighted by Gasteiger charge is 2.27. The van der Waals surface area contributed by atoms with E-state index in [2.05, 4.69) is 41.5 Å². The molecule has 150 valence electrons. The minimum Gasteiger partial charge on any atom is -0.309 e. The number of nitrogens with zero attached hydrogens (tertiary/aromatic N) is 3. The molecule has 0 N–H and O–H groups in total. The number of hydrogen-bond acceptors (Lipinski definition) is 2. The van der Waals surface area contributed by atoms with Gasteiger partial charge in [-0.15, -0.1) is 0 Å². The van der Waals surface area contributed by atoms with Crippen molar-refractivity contribution in [1.29, 1.82) is 0 Å². The predicted molar refractivity (Wildman–Crippen MR) is 123 cm³/mol. The number of hydrogen-bond donors (Lipinski definition) is 0. The first-order valence-corrected chi connectivity index (χ1v) is 10.7. The van der Waals surface area contributed by atoms with Gasteiger partial charge in [0.25, 0.3) is 5.91 Å². The van der Waals surface area contributed by atoms with Crippen LogP contribution < -0.4 is 0 Å². The highest BCUT2D eigenvalue weighted by Crippen LogP contribution is 2.38. The van der Waals surface area contributed by atoms with Crippen LogP contribution in [0.15, 0.2) is 42.6 Å². The zero-order chi connectivity index (χ0) is 21.1. The third-order valence-electron chi connectivity index (χ3n) is 5.10. The van der Waals surface area contributed by atoms with Gasteiger partial charge in [0.05, 0.1) is 22.9 Å². The van der Waals surface area contributed by atoms with Gasteiger partial charge in [-0.3, -0.25) is 4.79 Å². The molecule has 6 heteroatoms. The van der Waals surface area contributed by atoms with Crippen LogP contribution in [0, 0.1) is 14.8 Å². The molecule has 0 atom stereocenters. The van der Waals surface area contributed by atoms with Gasteiger partial charge < -0.3 is 4.57 Å². The third-order valence-corrected chi connectivity index (χ3v) is 6.24. The fraction of sp³-hybridized carbons (Fsp3) is 0.304. The topological polar surface area (TPSA) is 39.8 Å². The van der Waals surface area contributed by atoms with Crippen molar-refractivity contribution in [2.75, 3.05) is 0 Å². The number of para-hydroxylation sites is 1. The number of fused-ring (bicyclic) bond motifs is 2. The van der Waals surface area contributed by atoms with Crippen LogP contribution in [0.25, 0.3) is 27.5 Å². The predicted octanol–water partition coefficient (Wildman–Crippen LogP) is 6.53. The Labute approximate surface area is 182 Å². The summed E-state index contributed by atoms with van der Waals surface area (Å²) >= 11 is 2.33. The number of carbonyl (C=O) groups is 1. The van der Waals surface area contributed by atoms with Gasteiger partial charge in [0.1, 0.15) is 5.82 Å². The molecule has 0 saturated heterocycles. The lowest BCUT2D eigenvalue weighted by atomic mass is 9.96. The first kappa shape index (κ1) is 20.1. The van der Waals surface area contributed by atoms with E-state index >= 15 is 0 Å². The Kier molecular flexibility index (Phi) is 4.80. The lowest BCUT2D eigenvalue weighted by molar-refractivity contribution is 0.0755. The summed E-state index contributed by atoms with van der Waals surface area (Å²) in [7, 11) is 0. The van der Waals surface area contributed by atoms with Crippen molar-refractivity contribution in [3.8, 4) is 5.69 Å². The average Bonchev–Trinajstić information content (AvgIpc) is 3.18. The van der Waals surface area contributed by atoms with Crippen LogP contribution in [0.3, 0.4) is 0 Å². The molecule has 0 saturated carbocycles. The molecule has 0 amide bonds. The van der Waals surface area contributed by atoms with Crippen LogP contribution in [-0.2, 0) is 0 Å². The van der Waals surface area contributed by atoms with Crippen LogP contribution in [-0.4, -0.2) is 20.3 Å². The second-order valence-electron chi connectivity index (χ2n) is 8.68. The van der Waals surface area contributed by atoms with E-state index in [1.165, 1.54) is 10.7 Å². The van der Waals surface area contributed by atoms with Crippen LogP contribution >= 0.6 is 22.6 Å². The first-order valence-electron chi connectivity index (χ1n) is 9.62. The Bertz CT molecular complexity index is 1260. The van der Waals surface area contributed by atoms with Crippen molar-refractivity contribution in [1.82, 2.24) is 14.3 Å². The summed E-state index contributed by atoms with van der Waals surface area (Å²) in [4.78, 5) is 12.9. The fourth-order valence-electron chi connectivity index (χ4n) is 3.67. The Morgan fingerprint density at radius 2 is 1.83 bits per heavy atom. The number of halogens is 2. The summed E-state index contributed by atoms with van der Waals surface area (Å²) < 4.78 is 19.3. The molecule has 29 heavy (non-hydrogen) atoms. The lowest BCUT2D eigenvalue weighted by Gasteiger charge is -2.16. The van der Waals surface area contributed by atoms with Crippen LogP contribution in [0.4, 0.5) is 4.39 Å². The van der Waals surface area contributed by atoms with Crippen molar-refractivity contribution in [2.24, 2.45) is 5.41 Å². The zero-order valence-electron chi connectivity index (χ0n) is 17.1. The molecular weight excluding hydrogens is 480 g/mol. The second-order valence-corrected chi connectivity index (χ2v) is 9.76. The number of benzene rings is 2.